The molecule has 4 nitrogen and oxygen atoms in total. The van der Waals surface area contributed by atoms with E-state index in [1.54, 1.807) is 29.7 Å². The number of furan rings is 1. The second kappa shape index (κ2) is 5.29. The Bertz CT molecular complexity index is 526. The third kappa shape index (κ3) is 3.04. The van der Waals surface area contributed by atoms with E-state index < -0.39 is 0 Å². The van der Waals surface area contributed by atoms with Crippen molar-refractivity contribution in [1.29, 1.82) is 0 Å². The molecule has 1 N–H and O–H groups in total. The van der Waals surface area contributed by atoms with Crippen LogP contribution >= 0.6 is 27.3 Å². The van der Waals surface area contributed by atoms with Crippen LogP contribution in [0.2, 0.25) is 0 Å². The molecule has 0 bridgehead atoms. The van der Waals surface area contributed by atoms with Crippen LogP contribution in [-0.4, -0.2) is 12.1 Å². The topological polar surface area (TPSA) is 54.6 Å². The van der Waals surface area contributed by atoms with Gasteiger partial charge in [0.25, 0.3) is 0 Å². The van der Waals surface area contributed by atoms with Crippen molar-refractivity contribution >= 4 is 39.4 Å². The van der Waals surface area contributed by atoms with Crippen LogP contribution in [0, 0.1) is 6.92 Å². The first-order chi connectivity index (χ1) is 8.16. The van der Waals surface area contributed by atoms with E-state index >= 15 is 0 Å². The van der Waals surface area contributed by atoms with Crippen molar-refractivity contribution in [2.24, 2.45) is 5.10 Å². The molecule has 2 aromatic heterocycles. The zero-order valence-corrected chi connectivity index (χ0v) is 11.3. The molecule has 0 aliphatic heterocycles. The van der Waals surface area contributed by atoms with E-state index in [-0.39, 0.29) is 11.7 Å². The summed E-state index contributed by atoms with van der Waals surface area (Å²) in [6, 6.07) is 5.18. The Morgan fingerprint density at radius 3 is 3.06 bits per heavy atom. The fraction of sp³-hybridized carbons (Fsp3) is 0.0909. The highest BCUT2D eigenvalue weighted by Crippen LogP contribution is 2.24. The van der Waals surface area contributed by atoms with Crippen LogP contribution in [0.15, 0.2) is 38.5 Å². The third-order valence-corrected chi connectivity index (χ3v) is 4.05. The molecule has 0 unspecified atom stereocenters. The van der Waals surface area contributed by atoms with Gasteiger partial charge in [-0.3, -0.25) is 4.79 Å². The molecule has 17 heavy (non-hydrogen) atoms. The summed E-state index contributed by atoms with van der Waals surface area (Å²) in [6.07, 6.45) is 3.04. The normalized spacial score (nSPS) is 10.9. The molecule has 88 valence electrons. The van der Waals surface area contributed by atoms with Crippen molar-refractivity contribution in [2.75, 3.05) is 0 Å². The van der Waals surface area contributed by atoms with Crippen molar-refractivity contribution < 1.29 is 9.21 Å². The largest absolute Gasteiger partial charge is 0.459 e. The minimum absolute atomic E-state index is 0.241. The van der Waals surface area contributed by atoms with Crippen molar-refractivity contribution in [1.82, 2.24) is 5.43 Å². The molecule has 0 saturated carbocycles. The molecule has 0 saturated heterocycles. The van der Waals surface area contributed by atoms with E-state index in [0.29, 0.717) is 0 Å². The fourth-order valence-corrected chi connectivity index (χ4v) is 2.60. The second-order valence-corrected chi connectivity index (χ2v) is 5.37. The Labute approximate surface area is 110 Å². The van der Waals surface area contributed by atoms with Gasteiger partial charge in [-0.05, 0) is 41.1 Å². The number of halogens is 1. The monoisotopic (exact) mass is 312 g/mol. The van der Waals surface area contributed by atoms with Crippen LogP contribution in [-0.2, 0) is 0 Å². The zero-order valence-electron chi connectivity index (χ0n) is 8.94. The maximum absolute atomic E-state index is 11.4. The maximum Gasteiger partial charge on any atom is 0.307 e. The quantitative estimate of drug-likeness (QED) is 0.699. The first-order valence-corrected chi connectivity index (χ1v) is 6.40. The van der Waals surface area contributed by atoms with Crippen LogP contribution in [0.3, 0.4) is 0 Å². The molecule has 2 aromatic rings. The van der Waals surface area contributed by atoms with Gasteiger partial charge in [0.1, 0.15) is 0 Å². The van der Waals surface area contributed by atoms with E-state index in [1.807, 2.05) is 13.0 Å². The molecular formula is C11H9BrN2O2S. The molecule has 0 aliphatic carbocycles. The Morgan fingerprint density at radius 1 is 1.65 bits per heavy atom. The van der Waals surface area contributed by atoms with E-state index in [0.717, 1.165) is 9.35 Å². The molecule has 0 aromatic carbocycles. The lowest BCUT2D eigenvalue weighted by Gasteiger charge is -1.93. The van der Waals surface area contributed by atoms with Crippen LogP contribution in [0.5, 0.6) is 0 Å². The van der Waals surface area contributed by atoms with Gasteiger partial charge in [0.2, 0.25) is 0 Å². The average Bonchev–Trinajstić information content (AvgIpc) is 2.90. The summed E-state index contributed by atoms with van der Waals surface area (Å²) in [7, 11) is 0. The number of nitrogens with zero attached hydrogens (tertiary/aromatic N) is 1. The van der Waals surface area contributed by atoms with Crippen molar-refractivity contribution in [3.05, 3.63) is 44.4 Å². The van der Waals surface area contributed by atoms with Crippen LogP contribution in [0.4, 0.5) is 0 Å². The molecule has 0 radical (unpaired) electrons. The summed E-state index contributed by atoms with van der Waals surface area (Å²) in [5.74, 6) is -0.121. The van der Waals surface area contributed by atoms with Gasteiger partial charge in [-0.1, -0.05) is 0 Å². The lowest BCUT2D eigenvalue weighted by atomic mass is 10.4. The Balaban J connectivity index is 1.96. The standard InChI is InChI=1S/C11H9BrN2O2S/c1-7-9(12)5-8(17-7)6-13-14-11(15)10-3-2-4-16-10/h2-6H,1H3,(H,14,15)/b13-6+. The van der Waals surface area contributed by atoms with E-state index in [1.165, 1.54) is 11.1 Å². The Hall–Kier alpha value is -1.40. The average molecular weight is 313 g/mol. The number of amides is 1. The van der Waals surface area contributed by atoms with Gasteiger partial charge in [0.05, 0.1) is 12.5 Å². The van der Waals surface area contributed by atoms with E-state index in [9.17, 15) is 4.79 Å². The lowest BCUT2D eigenvalue weighted by molar-refractivity contribution is 0.0927. The van der Waals surface area contributed by atoms with Gasteiger partial charge in [-0.2, -0.15) is 5.10 Å². The second-order valence-electron chi connectivity index (χ2n) is 3.23. The third-order valence-electron chi connectivity index (χ3n) is 1.98. The number of carbonyl (C=O) groups is 1. The molecule has 0 spiro atoms. The predicted octanol–water partition coefficient (Wildman–Crippen LogP) is 3.18. The van der Waals surface area contributed by atoms with Crippen LogP contribution in [0.25, 0.3) is 0 Å². The number of nitrogens with one attached hydrogen (secondary N) is 1. The predicted molar refractivity (Wildman–Crippen MR) is 70.5 cm³/mol. The zero-order chi connectivity index (χ0) is 12.3. The summed E-state index contributed by atoms with van der Waals surface area (Å²) in [5.41, 5.74) is 2.39. The minimum atomic E-state index is -0.362. The number of aryl methyl sites for hydroxylation is 1. The van der Waals surface area contributed by atoms with E-state index in [4.69, 9.17) is 4.42 Å². The van der Waals surface area contributed by atoms with Crippen molar-refractivity contribution in [3.63, 3.8) is 0 Å². The summed E-state index contributed by atoms with van der Waals surface area (Å²) in [5, 5.41) is 3.86. The smallest absolute Gasteiger partial charge is 0.307 e. The highest BCUT2D eigenvalue weighted by atomic mass is 79.9. The van der Waals surface area contributed by atoms with Gasteiger partial charge in [0, 0.05) is 14.2 Å². The Morgan fingerprint density at radius 2 is 2.47 bits per heavy atom. The number of carbonyl (C=O) groups excluding carboxylic acids is 1. The molecule has 2 rings (SSSR count). The van der Waals surface area contributed by atoms with Gasteiger partial charge in [0.15, 0.2) is 5.76 Å². The molecule has 0 aliphatic rings. The van der Waals surface area contributed by atoms with Crippen molar-refractivity contribution in [3.8, 4) is 0 Å². The molecular weight excluding hydrogens is 304 g/mol. The lowest BCUT2D eigenvalue weighted by Crippen LogP contribution is -2.16. The van der Waals surface area contributed by atoms with Gasteiger partial charge in [-0.15, -0.1) is 11.3 Å². The van der Waals surface area contributed by atoms with E-state index in [2.05, 4.69) is 26.5 Å². The number of hydrogen-bond donors (Lipinski definition) is 1. The van der Waals surface area contributed by atoms with Gasteiger partial charge in [-0.25, -0.2) is 5.43 Å². The van der Waals surface area contributed by atoms with Gasteiger partial charge < -0.3 is 4.42 Å². The molecule has 0 fully saturated rings. The van der Waals surface area contributed by atoms with Crippen LogP contribution < -0.4 is 5.43 Å². The highest BCUT2D eigenvalue weighted by molar-refractivity contribution is 9.10. The van der Waals surface area contributed by atoms with Gasteiger partial charge >= 0.3 is 5.91 Å². The van der Waals surface area contributed by atoms with Crippen molar-refractivity contribution in [2.45, 2.75) is 6.92 Å². The number of thiophene rings is 1. The molecule has 0 atom stereocenters. The fourth-order valence-electron chi connectivity index (χ4n) is 1.16. The number of hydrogen-bond acceptors (Lipinski definition) is 4. The maximum atomic E-state index is 11.4. The highest BCUT2D eigenvalue weighted by Gasteiger charge is 2.06. The number of hydrazone groups is 1. The first kappa shape index (κ1) is 12.1. The molecule has 2 heterocycles. The Kier molecular flexibility index (Phi) is 3.75. The summed E-state index contributed by atoms with van der Waals surface area (Å²) >= 11 is 5.01. The molecule has 6 heteroatoms. The summed E-state index contributed by atoms with van der Waals surface area (Å²) < 4.78 is 5.97. The SMILES string of the molecule is Cc1sc(/C=N/NC(=O)c2ccco2)cc1Br. The summed E-state index contributed by atoms with van der Waals surface area (Å²) in [6.45, 7) is 2.01. The first-order valence-electron chi connectivity index (χ1n) is 4.79. The van der Waals surface area contributed by atoms with Crippen LogP contribution in [0.1, 0.15) is 20.3 Å². The number of rotatable bonds is 3. The molecule has 1 amide bonds. The summed E-state index contributed by atoms with van der Waals surface area (Å²) in [4.78, 5) is 13.6. The minimum Gasteiger partial charge on any atom is -0.459 e.